The van der Waals surface area contributed by atoms with Crippen molar-refractivity contribution in [2.24, 2.45) is 17.6 Å². The molecule has 0 unspecified atom stereocenters. The molecule has 1 aliphatic carbocycles. The lowest BCUT2D eigenvalue weighted by Crippen LogP contribution is -2.42. The van der Waals surface area contributed by atoms with Crippen LogP contribution in [0.3, 0.4) is 0 Å². The van der Waals surface area contributed by atoms with Crippen molar-refractivity contribution in [3.63, 3.8) is 0 Å². The molecule has 1 fully saturated rings. The molecule has 0 radical (unpaired) electrons. The Morgan fingerprint density at radius 1 is 1.45 bits per heavy atom. The van der Waals surface area contributed by atoms with Crippen molar-refractivity contribution in [2.75, 3.05) is 12.5 Å². The van der Waals surface area contributed by atoms with Crippen molar-refractivity contribution < 1.29 is 0 Å². The van der Waals surface area contributed by atoms with Crippen LogP contribution in [0.2, 0.25) is 0 Å². The standard InChI is InChI=1S/C15H25N5/c1-11-4-6-13(7-5-11)14(16)15-12(2)8-9-18-19-10-20(15)17-3/h8-11,13,17-18H,2,4-7,16H2,1,3H3/b9-8?,15-14-,19-10?. The Morgan fingerprint density at radius 3 is 2.80 bits per heavy atom. The minimum Gasteiger partial charge on any atom is -0.400 e. The average Bonchev–Trinajstić information content (AvgIpc) is 2.43. The number of nitrogens with one attached hydrogen (secondary N) is 2. The summed E-state index contributed by atoms with van der Waals surface area (Å²) in [7, 11) is 1.85. The van der Waals surface area contributed by atoms with E-state index < -0.39 is 0 Å². The second kappa shape index (κ2) is 6.50. The van der Waals surface area contributed by atoms with E-state index in [1.54, 1.807) is 12.5 Å². The van der Waals surface area contributed by atoms with Crippen molar-refractivity contribution in [1.29, 1.82) is 0 Å². The molecular formula is C15H25N5. The minimum atomic E-state index is 0.433. The fourth-order valence-corrected chi connectivity index (χ4v) is 2.82. The van der Waals surface area contributed by atoms with Gasteiger partial charge in [0.1, 0.15) is 6.33 Å². The van der Waals surface area contributed by atoms with Crippen LogP contribution in [-0.4, -0.2) is 21.9 Å². The molecule has 0 bridgehead atoms. The highest BCUT2D eigenvalue weighted by Crippen LogP contribution is 2.30. The third-order valence-corrected chi connectivity index (χ3v) is 4.12. The maximum atomic E-state index is 6.47. The number of H-pyrrole nitrogens is 1. The molecule has 1 aliphatic rings. The summed E-state index contributed by atoms with van der Waals surface area (Å²) in [6.07, 6.45) is 8.25. The molecule has 0 aromatic carbocycles. The van der Waals surface area contributed by atoms with Gasteiger partial charge < -0.3 is 11.2 Å². The quantitative estimate of drug-likeness (QED) is 0.748. The lowest BCUT2D eigenvalue weighted by molar-refractivity contribution is 0.334. The van der Waals surface area contributed by atoms with Gasteiger partial charge in [0.05, 0.1) is 5.35 Å². The van der Waals surface area contributed by atoms with Crippen molar-refractivity contribution in [1.82, 2.24) is 14.9 Å². The van der Waals surface area contributed by atoms with Gasteiger partial charge in [0.15, 0.2) is 0 Å². The number of rotatable bonds is 2. The molecule has 0 spiro atoms. The van der Waals surface area contributed by atoms with E-state index in [2.05, 4.69) is 29.1 Å². The zero-order valence-corrected chi connectivity index (χ0v) is 12.4. The van der Waals surface area contributed by atoms with Gasteiger partial charge in [0, 0.05) is 24.9 Å². The first-order chi connectivity index (χ1) is 9.63. The van der Waals surface area contributed by atoms with Gasteiger partial charge in [-0.05, 0) is 30.0 Å². The number of hydrogen-bond donors (Lipinski definition) is 3. The van der Waals surface area contributed by atoms with Gasteiger partial charge in [0.25, 0.3) is 0 Å². The minimum absolute atomic E-state index is 0.433. The Labute approximate surface area is 119 Å². The first-order valence-corrected chi connectivity index (χ1v) is 7.24. The third kappa shape index (κ3) is 3.15. The summed E-state index contributed by atoms with van der Waals surface area (Å²) < 4.78 is 1.83. The van der Waals surface area contributed by atoms with Gasteiger partial charge in [-0.3, -0.25) is 5.10 Å². The van der Waals surface area contributed by atoms with E-state index in [1.807, 2.05) is 17.8 Å². The SMILES string of the molecule is C=c1cc[nH]ncn(NC)/c1=C(\N)C1CCC(C)CC1. The maximum Gasteiger partial charge on any atom is 0.135 e. The lowest BCUT2D eigenvalue weighted by atomic mass is 9.81. The second-order valence-corrected chi connectivity index (χ2v) is 5.59. The molecule has 4 N–H and O–H groups in total. The third-order valence-electron chi connectivity index (χ3n) is 4.12. The van der Waals surface area contributed by atoms with Gasteiger partial charge in [0.2, 0.25) is 0 Å². The molecule has 0 saturated heterocycles. The van der Waals surface area contributed by atoms with Gasteiger partial charge in [-0.2, -0.15) is 5.10 Å². The molecule has 2 rings (SSSR count). The highest BCUT2D eigenvalue weighted by molar-refractivity contribution is 5.42. The van der Waals surface area contributed by atoms with Crippen molar-refractivity contribution in [3.8, 4) is 0 Å². The Balaban J connectivity index is 2.57. The molecule has 1 saturated carbocycles. The van der Waals surface area contributed by atoms with Gasteiger partial charge in [-0.1, -0.05) is 26.3 Å². The first kappa shape index (κ1) is 14.5. The second-order valence-electron chi connectivity index (χ2n) is 5.59. The average molecular weight is 275 g/mol. The zero-order chi connectivity index (χ0) is 14.5. The number of aromatic nitrogens is 3. The summed E-state index contributed by atoms with van der Waals surface area (Å²) in [4.78, 5) is 0. The largest absolute Gasteiger partial charge is 0.400 e. The summed E-state index contributed by atoms with van der Waals surface area (Å²) in [6, 6.07) is 1.90. The van der Waals surface area contributed by atoms with Crippen LogP contribution in [0, 0.1) is 11.8 Å². The van der Waals surface area contributed by atoms with Gasteiger partial charge >= 0.3 is 0 Å². The Kier molecular flexibility index (Phi) is 4.71. The van der Waals surface area contributed by atoms with E-state index in [0.717, 1.165) is 35.0 Å². The fourth-order valence-electron chi connectivity index (χ4n) is 2.82. The van der Waals surface area contributed by atoms with Gasteiger partial charge in [-0.25, -0.2) is 4.68 Å². The van der Waals surface area contributed by atoms with Gasteiger partial charge in [-0.15, -0.1) is 0 Å². The van der Waals surface area contributed by atoms with Crippen LogP contribution < -0.4 is 21.7 Å². The molecule has 5 heteroatoms. The van der Waals surface area contributed by atoms with E-state index in [0.29, 0.717) is 5.92 Å². The van der Waals surface area contributed by atoms with Crippen LogP contribution in [-0.2, 0) is 0 Å². The zero-order valence-electron chi connectivity index (χ0n) is 12.4. The fraction of sp³-hybridized carbons (Fsp3) is 0.533. The molecule has 1 heterocycles. The molecule has 0 aliphatic heterocycles. The van der Waals surface area contributed by atoms with E-state index >= 15 is 0 Å². The number of nitrogens with zero attached hydrogens (tertiary/aromatic N) is 2. The first-order valence-electron chi connectivity index (χ1n) is 7.24. The van der Waals surface area contributed by atoms with Crippen LogP contribution >= 0.6 is 0 Å². The highest BCUT2D eigenvalue weighted by atomic mass is 15.4. The van der Waals surface area contributed by atoms with Crippen LogP contribution in [0.4, 0.5) is 0 Å². The van der Waals surface area contributed by atoms with E-state index in [1.165, 1.54) is 12.8 Å². The van der Waals surface area contributed by atoms with Crippen LogP contribution in [0.5, 0.6) is 0 Å². The number of nitrogens with two attached hydrogens (primary N) is 1. The van der Waals surface area contributed by atoms with E-state index in [4.69, 9.17) is 5.73 Å². The topological polar surface area (TPSA) is 71.7 Å². The van der Waals surface area contributed by atoms with Crippen molar-refractivity contribution in [3.05, 3.63) is 29.2 Å². The number of hydrogen-bond acceptors (Lipinski definition) is 3. The van der Waals surface area contributed by atoms with Crippen molar-refractivity contribution >= 4 is 12.3 Å². The lowest BCUT2D eigenvalue weighted by Gasteiger charge is -2.26. The molecule has 0 amide bonds. The molecule has 110 valence electrons. The Bertz CT molecular complexity index is 588. The smallest absolute Gasteiger partial charge is 0.135 e. The van der Waals surface area contributed by atoms with E-state index in [-0.39, 0.29) is 0 Å². The van der Waals surface area contributed by atoms with Crippen molar-refractivity contribution in [2.45, 2.75) is 32.6 Å². The summed E-state index contributed by atoms with van der Waals surface area (Å²) in [5.41, 5.74) is 10.5. The maximum absolute atomic E-state index is 6.47. The molecular weight excluding hydrogens is 250 g/mol. The molecule has 20 heavy (non-hydrogen) atoms. The molecule has 5 nitrogen and oxygen atoms in total. The number of aromatic amines is 1. The predicted octanol–water partition coefficient (Wildman–Crippen LogP) is 0.812. The molecule has 1 aromatic heterocycles. The van der Waals surface area contributed by atoms with Crippen LogP contribution in [0.1, 0.15) is 32.6 Å². The molecule has 0 atom stereocenters. The Morgan fingerprint density at radius 2 is 2.15 bits per heavy atom. The Hall–Kier alpha value is -1.91. The van der Waals surface area contributed by atoms with E-state index in [9.17, 15) is 0 Å². The monoisotopic (exact) mass is 275 g/mol. The summed E-state index contributed by atoms with van der Waals surface area (Å²) in [5, 5.41) is 8.70. The predicted molar refractivity (Wildman–Crippen MR) is 83.0 cm³/mol. The van der Waals surface area contributed by atoms with Crippen LogP contribution in [0.25, 0.3) is 12.3 Å². The van der Waals surface area contributed by atoms with Crippen LogP contribution in [0.15, 0.2) is 18.6 Å². The highest BCUT2D eigenvalue weighted by Gasteiger charge is 2.20. The summed E-state index contributed by atoms with van der Waals surface area (Å²) in [5.74, 6) is 1.25. The molecule has 1 aromatic rings. The summed E-state index contributed by atoms with van der Waals surface area (Å²) in [6.45, 7) is 6.43. The summed E-state index contributed by atoms with van der Waals surface area (Å²) >= 11 is 0. The normalized spacial score (nSPS) is 23.9.